The number of hydrogen-bond acceptors (Lipinski definition) is 4. The molecular formula is C13H13NOS2. The SMILES string of the molecule is O=C1CCC(Sc2nc3ccccc3s2)CC1. The van der Waals surface area contributed by atoms with E-state index in [-0.39, 0.29) is 0 Å². The third-order valence-corrected chi connectivity index (χ3v) is 5.50. The van der Waals surface area contributed by atoms with E-state index in [1.807, 2.05) is 23.9 Å². The van der Waals surface area contributed by atoms with Gasteiger partial charge in [0.25, 0.3) is 0 Å². The predicted molar refractivity (Wildman–Crippen MR) is 72.7 cm³/mol. The summed E-state index contributed by atoms with van der Waals surface area (Å²) in [7, 11) is 0. The number of fused-ring (bicyclic) bond motifs is 1. The van der Waals surface area contributed by atoms with Gasteiger partial charge in [0.05, 0.1) is 10.2 Å². The summed E-state index contributed by atoms with van der Waals surface area (Å²) in [5, 5.41) is 0.577. The van der Waals surface area contributed by atoms with Gasteiger partial charge in [-0.25, -0.2) is 4.98 Å². The van der Waals surface area contributed by atoms with Crippen LogP contribution in [-0.4, -0.2) is 16.0 Å². The number of nitrogens with zero attached hydrogens (tertiary/aromatic N) is 1. The summed E-state index contributed by atoms with van der Waals surface area (Å²) in [5.41, 5.74) is 1.09. The number of benzene rings is 1. The Kier molecular flexibility index (Phi) is 3.16. The molecule has 1 heterocycles. The molecule has 2 aromatic rings. The number of thioether (sulfide) groups is 1. The molecule has 1 aliphatic carbocycles. The van der Waals surface area contributed by atoms with Crippen LogP contribution < -0.4 is 0 Å². The fourth-order valence-electron chi connectivity index (χ4n) is 2.08. The molecule has 1 aromatic carbocycles. The van der Waals surface area contributed by atoms with Gasteiger partial charge in [0.15, 0.2) is 4.34 Å². The van der Waals surface area contributed by atoms with E-state index in [0.29, 0.717) is 11.0 Å². The topological polar surface area (TPSA) is 30.0 Å². The van der Waals surface area contributed by atoms with Gasteiger partial charge < -0.3 is 0 Å². The fourth-order valence-corrected chi connectivity index (χ4v) is 4.55. The van der Waals surface area contributed by atoms with Gasteiger partial charge in [-0.05, 0) is 25.0 Å². The quantitative estimate of drug-likeness (QED) is 0.823. The van der Waals surface area contributed by atoms with Crippen molar-refractivity contribution in [1.82, 2.24) is 4.98 Å². The van der Waals surface area contributed by atoms with E-state index in [4.69, 9.17) is 0 Å². The highest BCUT2D eigenvalue weighted by molar-refractivity contribution is 8.01. The van der Waals surface area contributed by atoms with Crippen LogP contribution in [0, 0.1) is 0 Å². The molecule has 0 amide bonds. The monoisotopic (exact) mass is 263 g/mol. The molecule has 17 heavy (non-hydrogen) atoms. The van der Waals surface area contributed by atoms with Crippen LogP contribution in [0.4, 0.5) is 0 Å². The van der Waals surface area contributed by atoms with Gasteiger partial charge in [0.2, 0.25) is 0 Å². The first-order valence-corrected chi connectivity index (χ1v) is 7.55. The summed E-state index contributed by atoms with van der Waals surface area (Å²) in [6, 6.07) is 8.24. The van der Waals surface area contributed by atoms with Crippen molar-refractivity contribution in [3.63, 3.8) is 0 Å². The second-order valence-corrected chi connectivity index (χ2v) is 6.88. The van der Waals surface area contributed by atoms with Crippen LogP contribution in [0.15, 0.2) is 28.6 Å². The summed E-state index contributed by atoms with van der Waals surface area (Å²) in [6.07, 6.45) is 3.53. The van der Waals surface area contributed by atoms with Crippen LogP contribution in [-0.2, 0) is 4.79 Å². The van der Waals surface area contributed by atoms with Crippen LogP contribution >= 0.6 is 23.1 Å². The predicted octanol–water partition coefficient (Wildman–Crippen LogP) is 3.90. The molecule has 0 radical (unpaired) electrons. The normalized spacial score (nSPS) is 17.8. The Morgan fingerprint density at radius 3 is 2.76 bits per heavy atom. The summed E-state index contributed by atoms with van der Waals surface area (Å²) < 4.78 is 2.40. The van der Waals surface area contributed by atoms with Crippen LogP contribution in [0.25, 0.3) is 10.2 Å². The highest BCUT2D eigenvalue weighted by Crippen LogP contribution is 2.36. The van der Waals surface area contributed by atoms with E-state index in [9.17, 15) is 4.79 Å². The average Bonchev–Trinajstić information content (AvgIpc) is 2.74. The van der Waals surface area contributed by atoms with Gasteiger partial charge >= 0.3 is 0 Å². The Morgan fingerprint density at radius 2 is 2.00 bits per heavy atom. The molecule has 0 spiro atoms. The molecule has 0 N–H and O–H groups in total. The van der Waals surface area contributed by atoms with E-state index in [1.54, 1.807) is 11.3 Å². The lowest BCUT2D eigenvalue weighted by Gasteiger charge is -2.18. The average molecular weight is 263 g/mol. The first kappa shape index (κ1) is 11.2. The number of Topliss-reactive ketones (excluding diaryl/α,β-unsaturated/α-hetero) is 1. The summed E-state index contributed by atoms with van der Waals surface area (Å²) in [5.74, 6) is 0.422. The lowest BCUT2D eigenvalue weighted by molar-refractivity contribution is -0.120. The zero-order valence-electron chi connectivity index (χ0n) is 9.39. The molecule has 0 saturated heterocycles. The maximum absolute atomic E-state index is 11.2. The summed E-state index contributed by atoms with van der Waals surface area (Å²) in [4.78, 5) is 15.8. The molecule has 1 aromatic heterocycles. The molecule has 1 aliphatic rings. The number of carbonyl (C=O) groups excluding carboxylic acids is 1. The minimum atomic E-state index is 0.422. The minimum Gasteiger partial charge on any atom is -0.300 e. The fraction of sp³-hybridized carbons (Fsp3) is 0.385. The van der Waals surface area contributed by atoms with E-state index in [0.717, 1.165) is 35.5 Å². The number of aromatic nitrogens is 1. The minimum absolute atomic E-state index is 0.422. The third kappa shape index (κ3) is 2.53. The number of carbonyl (C=O) groups is 1. The maximum atomic E-state index is 11.2. The van der Waals surface area contributed by atoms with Gasteiger partial charge in [-0.3, -0.25) is 4.79 Å². The van der Waals surface area contributed by atoms with E-state index in [1.165, 1.54) is 4.70 Å². The first-order chi connectivity index (χ1) is 8.31. The van der Waals surface area contributed by atoms with Crippen molar-refractivity contribution in [2.45, 2.75) is 35.3 Å². The highest BCUT2D eigenvalue weighted by atomic mass is 32.2. The van der Waals surface area contributed by atoms with Crippen molar-refractivity contribution in [2.24, 2.45) is 0 Å². The van der Waals surface area contributed by atoms with Gasteiger partial charge in [0.1, 0.15) is 5.78 Å². The molecule has 0 bridgehead atoms. The molecular weight excluding hydrogens is 250 g/mol. The second-order valence-electron chi connectivity index (χ2n) is 4.30. The highest BCUT2D eigenvalue weighted by Gasteiger charge is 2.20. The van der Waals surface area contributed by atoms with Gasteiger partial charge in [-0.1, -0.05) is 23.9 Å². The lowest BCUT2D eigenvalue weighted by atomic mass is 9.99. The van der Waals surface area contributed by atoms with Gasteiger partial charge in [0, 0.05) is 18.1 Å². The van der Waals surface area contributed by atoms with Crippen molar-refractivity contribution >= 4 is 39.1 Å². The summed E-state index contributed by atoms with van der Waals surface area (Å²) >= 11 is 3.61. The molecule has 1 saturated carbocycles. The molecule has 2 nitrogen and oxygen atoms in total. The Labute approximate surface area is 108 Å². The van der Waals surface area contributed by atoms with Crippen molar-refractivity contribution < 1.29 is 4.79 Å². The molecule has 4 heteroatoms. The van der Waals surface area contributed by atoms with Crippen molar-refractivity contribution in [1.29, 1.82) is 0 Å². The number of hydrogen-bond donors (Lipinski definition) is 0. The zero-order valence-corrected chi connectivity index (χ0v) is 11.0. The van der Waals surface area contributed by atoms with Crippen LogP contribution in [0.3, 0.4) is 0 Å². The molecule has 0 aliphatic heterocycles. The number of thiazole rings is 1. The van der Waals surface area contributed by atoms with E-state index < -0.39 is 0 Å². The van der Waals surface area contributed by atoms with Crippen molar-refractivity contribution in [3.8, 4) is 0 Å². The van der Waals surface area contributed by atoms with Crippen LogP contribution in [0.5, 0.6) is 0 Å². The Balaban J connectivity index is 1.74. The first-order valence-electron chi connectivity index (χ1n) is 5.85. The zero-order chi connectivity index (χ0) is 11.7. The smallest absolute Gasteiger partial charge is 0.151 e. The largest absolute Gasteiger partial charge is 0.300 e. The van der Waals surface area contributed by atoms with Gasteiger partial charge in [-0.15, -0.1) is 11.3 Å². The van der Waals surface area contributed by atoms with Crippen LogP contribution in [0.2, 0.25) is 0 Å². The van der Waals surface area contributed by atoms with Gasteiger partial charge in [-0.2, -0.15) is 0 Å². The van der Waals surface area contributed by atoms with Crippen LogP contribution in [0.1, 0.15) is 25.7 Å². The Hall–Kier alpha value is -0.870. The maximum Gasteiger partial charge on any atom is 0.151 e. The Morgan fingerprint density at radius 1 is 1.24 bits per heavy atom. The Bertz CT molecular complexity index is 506. The molecule has 0 atom stereocenters. The van der Waals surface area contributed by atoms with Crippen molar-refractivity contribution in [3.05, 3.63) is 24.3 Å². The lowest BCUT2D eigenvalue weighted by Crippen LogP contribution is -2.15. The van der Waals surface area contributed by atoms with Crippen molar-refractivity contribution in [2.75, 3.05) is 0 Å². The molecule has 1 fully saturated rings. The number of rotatable bonds is 2. The summed E-state index contributed by atoms with van der Waals surface area (Å²) in [6.45, 7) is 0. The van der Waals surface area contributed by atoms with E-state index >= 15 is 0 Å². The standard InChI is InChI=1S/C13H13NOS2/c15-9-5-7-10(8-6-9)16-13-14-11-3-1-2-4-12(11)17-13/h1-4,10H,5-8H2. The molecule has 3 rings (SSSR count). The molecule has 88 valence electrons. The molecule has 0 unspecified atom stereocenters. The number of ketones is 1. The third-order valence-electron chi connectivity index (χ3n) is 3.03. The van der Waals surface area contributed by atoms with E-state index in [2.05, 4.69) is 17.1 Å². The second kappa shape index (κ2) is 4.78. The number of para-hydroxylation sites is 1.